The van der Waals surface area contributed by atoms with Crippen LogP contribution in [-0.4, -0.2) is 144 Å². The van der Waals surface area contributed by atoms with E-state index in [1.54, 1.807) is 0 Å². The normalized spacial score (nSPS) is 13.8. The highest BCUT2D eigenvalue weighted by Crippen LogP contribution is 2.62. The molecule has 0 spiro atoms. The number of nitrogens with zero attached hydrogens (tertiary/aromatic N) is 3. The first-order valence-electron chi connectivity index (χ1n) is 9.44. The highest BCUT2D eigenvalue weighted by Gasteiger charge is 2.50. The van der Waals surface area contributed by atoms with Gasteiger partial charge in [-0.05, 0) is 0 Å². The van der Waals surface area contributed by atoms with Crippen LogP contribution in [0.4, 0.5) is 0 Å². The third-order valence-corrected chi connectivity index (χ3v) is 11.6. The minimum absolute atomic E-state index is 0.0273. The van der Waals surface area contributed by atoms with E-state index in [9.17, 15) is 71.8 Å². The molecule has 0 aromatic rings. The Bertz CT molecular complexity index is 953. The summed E-state index contributed by atoms with van der Waals surface area (Å²) in [5.41, 5.74) is -6.04. The Morgan fingerprint density at radius 1 is 0.486 bits per heavy atom. The molecule has 21 nitrogen and oxygen atoms in total. The lowest BCUT2D eigenvalue weighted by Gasteiger charge is -2.36. The van der Waals surface area contributed by atoms with Crippen LogP contribution in [0.25, 0.3) is 0 Å². The van der Waals surface area contributed by atoms with Crippen molar-refractivity contribution in [1.82, 2.24) is 14.7 Å². The summed E-state index contributed by atoms with van der Waals surface area (Å²) in [5.74, 6) is -4.96. The maximum atomic E-state index is 11.9. The fourth-order valence-electron chi connectivity index (χ4n) is 3.16. The lowest BCUT2D eigenvalue weighted by atomic mass is 10.4. The van der Waals surface area contributed by atoms with E-state index >= 15 is 0 Å². The zero-order chi connectivity index (χ0) is 29.6. The van der Waals surface area contributed by atoms with Crippen molar-refractivity contribution >= 4 is 48.3 Å². The maximum absolute atomic E-state index is 11.9. The van der Waals surface area contributed by atoms with Gasteiger partial charge in [0.2, 0.25) is 11.0 Å². The van der Waals surface area contributed by atoms with Crippen LogP contribution in [0.5, 0.6) is 0 Å². The van der Waals surface area contributed by atoms with Crippen LogP contribution in [0.2, 0.25) is 0 Å². The minimum Gasteiger partial charge on any atom is -0.480 e. The van der Waals surface area contributed by atoms with Crippen molar-refractivity contribution in [3.63, 3.8) is 0 Å². The molecule has 0 fully saturated rings. The molecule has 218 valence electrons. The highest BCUT2D eigenvalue weighted by molar-refractivity contribution is 7.71. The second-order valence-electron chi connectivity index (χ2n) is 7.45. The molecule has 0 rings (SSSR count). The third kappa shape index (κ3) is 13.5. The van der Waals surface area contributed by atoms with Crippen LogP contribution < -0.4 is 0 Å². The molecule has 0 bridgehead atoms. The van der Waals surface area contributed by atoms with Crippen LogP contribution in [0.15, 0.2) is 0 Å². The van der Waals surface area contributed by atoms with Gasteiger partial charge in [0.1, 0.15) is 0 Å². The van der Waals surface area contributed by atoms with Gasteiger partial charge in [-0.25, -0.2) is 0 Å². The Morgan fingerprint density at radius 3 is 1.05 bits per heavy atom. The van der Waals surface area contributed by atoms with Crippen LogP contribution in [-0.2, 0) is 32.6 Å². The van der Waals surface area contributed by atoms with Crippen molar-refractivity contribution in [2.24, 2.45) is 0 Å². The number of aliphatic carboxylic acids is 3. The zero-order valence-electron chi connectivity index (χ0n) is 18.5. The molecular weight excluding hydrogens is 598 g/mol. The Hall–Kier alpha value is -1.11. The van der Waals surface area contributed by atoms with Crippen LogP contribution in [0.3, 0.4) is 0 Å². The first kappa shape index (κ1) is 35.9. The van der Waals surface area contributed by atoms with Crippen molar-refractivity contribution in [2.45, 2.75) is 11.0 Å². The number of hydrogen-bond donors (Lipinski definition) is 11. The predicted molar refractivity (Wildman–Crippen MR) is 118 cm³/mol. The van der Waals surface area contributed by atoms with Gasteiger partial charge in [-0.15, -0.1) is 0 Å². The second kappa shape index (κ2) is 13.8. The molecule has 0 aliphatic carbocycles. The molecule has 0 aliphatic heterocycles. The predicted octanol–water partition coefficient (Wildman–Crippen LogP) is -3.58. The molecule has 0 aromatic heterocycles. The summed E-state index contributed by atoms with van der Waals surface area (Å²) in [6.45, 7) is -7.20. The molecule has 0 aromatic carbocycles. The molecule has 0 aliphatic rings. The standard InChI is InChI=1S/C12H27N3O18P4/c16-8(17)5-13(6-9(18)19)1-2-14(11(34(22,23)24)35(25,26)27)3-4-15(7-10(20)21)12(36(28,29)30)37(31,32)33/h11-12H,1-7H2,(H,16,17)(H,18,19)(H,20,21)(H2,22,23,24)(H2,25,26,27)(H2,28,29,30)(H2,31,32,33). The van der Waals surface area contributed by atoms with Gasteiger partial charge in [-0.1, -0.05) is 0 Å². The highest BCUT2D eigenvalue weighted by atomic mass is 31.2. The molecule has 0 amide bonds. The van der Waals surface area contributed by atoms with E-state index in [4.69, 9.17) is 15.3 Å². The van der Waals surface area contributed by atoms with Crippen molar-refractivity contribution in [2.75, 3.05) is 45.8 Å². The molecule has 0 unspecified atom stereocenters. The summed E-state index contributed by atoms with van der Waals surface area (Å²) in [5, 5.41) is 26.8. The van der Waals surface area contributed by atoms with E-state index < -0.39 is 105 Å². The van der Waals surface area contributed by atoms with Crippen LogP contribution >= 0.6 is 30.4 Å². The van der Waals surface area contributed by atoms with Crippen molar-refractivity contribution in [3.8, 4) is 0 Å². The van der Waals surface area contributed by atoms with Gasteiger partial charge >= 0.3 is 48.3 Å². The van der Waals surface area contributed by atoms with E-state index in [1.807, 2.05) is 0 Å². The van der Waals surface area contributed by atoms with Gasteiger partial charge < -0.3 is 54.5 Å². The smallest absolute Gasteiger partial charge is 0.354 e. The van der Waals surface area contributed by atoms with Crippen molar-refractivity contribution < 1.29 is 87.1 Å². The second-order valence-corrected chi connectivity index (χ2v) is 14.9. The van der Waals surface area contributed by atoms with Gasteiger partial charge in [-0.2, -0.15) is 0 Å². The fourth-order valence-corrected chi connectivity index (χ4v) is 8.85. The van der Waals surface area contributed by atoms with Crippen LogP contribution in [0, 0.1) is 0 Å². The summed E-state index contributed by atoms with van der Waals surface area (Å²) in [7, 11) is -23.1. The van der Waals surface area contributed by atoms with Gasteiger partial charge in [0.15, 0.2) is 0 Å². The SMILES string of the molecule is O=C(O)CN(CCN(CCN(CC(=O)O)C(P(=O)(O)O)P(=O)(O)O)C(P(=O)(O)O)P(=O)(O)O)CC(=O)O. The number of carboxylic acid groups (broad SMARTS) is 3. The molecule has 11 N–H and O–H groups in total. The van der Waals surface area contributed by atoms with Crippen LogP contribution in [0.1, 0.15) is 0 Å². The fraction of sp³-hybridized carbons (Fsp3) is 0.750. The van der Waals surface area contributed by atoms with E-state index in [2.05, 4.69) is 0 Å². The monoisotopic (exact) mass is 625 g/mol. The Labute approximate surface area is 207 Å². The maximum Gasteiger partial charge on any atom is 0.354 e. The molecule has 37 heavy (non-hydrogen) atoms. The molecule has 25 heteroatoms. The lowest BCUT2D eigenvalue weighted by Crippen LogP contribution is -2.48. The van der Waals surface area contributed by atoms with Gasteiger partial charge in [0.25, 0.3) is 0 Å². The first-order chi connectivity index (χ1) is 16.4. The van der Waals surface area contributed by atoms with E-state index in [0.29, 0.717) is 4.90 Å². The van der Waals surface area contributed by atoms with E-state index in [1.165, 1.54) is 0 Å². The van der Waals surface area contributed by atoms with E-state index in [-0.39, 0.29) is 9.80 Å². The topological polar surface area (TPSA) is 352 Å². The zero-order valence-corrected chi connectivity index (χ0v) is 22.1. The van der Waals surface area contributed by atoms with Crippen molar-refractivity contribution in [1.29, 1.82) is 0 Å². The molecule has 0 heterocycles. The van der Waals surface area contributed by atoms with Crippen molar-refractivity contribution in [3.05, 3.63) is 0 Å². The van der Waals surface area contributed by atoms with Gasteiger partial charge in [-0.3, -0.25) is 47.3 Å². The number of carbonyl (C=O) groups is 3. The molecule has 0 saturated heterocycles. The Balaban J connectivity index is 6.41. The summed E-state index contributed by atoms with van der Waals surface area (Å²) < 4.78 is 47.2. The minimum atomic E-state index is -5.79. The summed E-state index contributed by atoms with van der Waals surface area (Å²) in [4.78, 5) is 110. The van der Waals surface area contributed by atoms with E-state index in [0.717, 1.165) is 0 Å². The Kier molecular flexibility index (Phi) is 13.4. The molecule has 0 atom stereocenters. The molecule has 0 radical (unpaired) electrons. The summed E-state index contributed by atoms with van der Waals surface area (Å²) >= 11 is 0. The summed E-state index contributed by atoms with van der Waals surface area (Å²) in [6.07, 6.45) is 0. The third-order valence-electron chi connectivity index (χ3n) is 4.29. The average molecular weight is 625 g/mol. The Morgan fingerprint density at radius 2 is 0.757 bits per heavy atom. The average Bonchev–Trinajstić information content (AvgIpc) is 2.57. The lowest BCUT2D eigenvalue weighted by molar-refractivity contribution is -0.142. The number of carboxylic acids is 3. The molecular formula is C12H27N3O18P4. The molecule has 0 saturated carbocycles. The van der Waals surface area contributed by atoms with Gasteiger partial charge in [0.05, 0.1) is 19.6 Å². The quantitative estimate of drug-likeness (QED) is 0.0656. The largest absolute Gasteiger partial charge is 0.480 e. The number of hydrogen-bond acceptors (Lipinski definition) is 10. The summed E-state index contributed by atoms with van der Waals surface area (Å²) in [6, 6.07) is 0. The first-order valence-corrected chi connectivity index (χ1v) is 16.2. The number of rotatable bonds is 18. The van der Waals surface area contributed by atoms with Gasteiger partial charge in [0, 0.05) is 26.2 Å².